The summed E-state index contributed by atoms with van der Waals surface area (Å²) in [6.07, 6.45) is 7.26. The number of aromatic nitrogens is 2. The second-order valence-corrected chi connectivity index (χ2v) is 5.62. The van der Waals surface area contributed by atoms with Gasteiger partial charge in [-0.3, -0.25) is 4.79 Å². The highest BCUT2D eigenvalue weighted by Crippen LogP contribution is 2.24. The maximum atomic E-state index is 12.3. The molecule has 1 aromatic carbocycles. The lowest BCUT2D eigenvalue weighted by atomic mass is 9.85. The minimum absolute atomic E-state index is 0.0221. The predicted molar refractivity (Wildman–Crippen MR) is 82.1 cm³/mol. The Morgan fingerprint density at radius 3 is 2.86 bits per heavy atom. The van der Waals surface area contributed by atoms with Crippen LogP contribution in [0.1, 0.15) is 25.7 Å². The molecule has 3 N–H and O–H groups in total. The third-order valence-corrected chi connectivity index (χ3v) is 3.96. The van der Waals surface area contributed by atoms with Crippen molar-refractivity contribution in [3.63, 3.8) is 0 Å². The Morgan fingerprint density at radius 2 is 2.10 bits per heavy atom. The summed E-state index contributed by atoms with van der Waals surface area (Å²) >= 11 is 0. The van der Waals surface area contributed by atoms with Crippen molar-refractivity contribution in [2.75, 3.05) is 5.32 Å². The molecule has 1 saturated carbocycles. The topological polar surface area (TPSA) is 72.9 Å². The third kappa shape index (κ3) is 3.31. The average Bonchev–Trinajstić information content (AvgIpc) is 2.97. The number of rotatable bonds is 3. The summed E-state index contributed by atoms with van der Waals surface area (Å²) < 4.78 is 1.75. The normalized spacial score (nSPS) is 22.0. The highest BCUT2D eigenvalue weighted by atomic mass is 16.1. The summed E-state index contributed by atoms with van der Waals surface area (Å²) in [4.78, 5) is 12.3. The Kier molecular flexibility index (Phi) is 4.01. The number of carbonyl (C=O) groups excluding carboxylic acids is 1. The van der Waals surface area contributed by atoms with Crippen molar-refractivity contribution in [2.45, 2.75) is 31.7 Å². The quantitative estimate of drug-likeness (QED) is 0.908. The van der Waals surface area contributed by atoms with Gasteiger partial charge in [-0.25, -0.2) is 4.68 Å². The Balaban J connectivity index is 1.66. The zero-order valence-corrected chi connectivity index (χ0v) is 11.9. The van der Waals surface area contributed by atoms with Gasteiger partial charge in [-0.05, 0) is 31.4 Å². The fourth-order valence-electron chi connectivity index (χ4n) is 2.82. The molecule has 0 radical (unpaired) electrons. The van der Waals surface area contributed by atoms with Gasteiger partial charge in [0.05, 0.1) is 23.8 Å². The van der Waals surface area contributed by atoms with E-state index in [0.717, 1.165) is 37.1 Å². The molecule has 2 unspecified atom stereocenters. The second-order valence-electron chi connectivity index (χ2n) is 5.62. The van der Waals surface area contributed by atoms with E-state index in [2.05, 4.69) is 10.4 Å². The fourth-order valence-corrected chi connectivity index (χ4v) is 2.82. The van der Waals surface area contributed by atoms with Gasteiger partial charge in [-0.1, -0.05) is 24.6 Å². The zero-order valence-electron chi connectivity index (χ0n) is 11.9. The van der Waals surface area contributed by atoms with Crippen molar-refractivity contribution in [1.29, 1.82) is 0 Å². The Hall–Kier alpha value is -2.14. The molecule has 21 heavy (non-hydrogen) atoms. The van der Waals surface area contributed by atoms with Crippen LogP contribution in [0, 0.1) is 5.92 Å². The summed E-state index contributed by atoms with van der Waals surface area (Å²) in [5.74, 6) is 0.0755. The van der Waals surface area contributed by atoms with E-state index in [-0.39, 0.29) is 17.9 Å². The van der Waals surface area contributed by atoms with Crippen LogP contribution in [0.4, 0.5) is 5.69 Å². The van der Waals surface area contributed by atoms with Crippen molar-refractivity contribution in [1.82, 2.24) is 9.78 Å². The number of hydrogen-bond acceptors (Lipinski definition) is 3. The van der Waals surface area contributed by atoms with E-state index in [1.807, 2.05) is 36.5 Å². The van der Waals surface area contributed by atoms with Crippen LogP contribution in [0.5, 0.6) is 0 Å². The van der Waals surface area contributed by atoms with Crippen molar-refractivity contribution in [3.05, 3.63) is 42.7 Å². The lowest BCUT2D eigenvalue weighted by Gasteiger charge is -2.25. The van der Waals surface area contributed by atoms with E-state index < -0.39 is 0 Å². The van der Waals surface area contributed by atoms with Gasteiger partial charge in [0.15, 0.2) is 0 Å². The molecule has 0 bridgehead atoms. The van der Waals surface area contributed by atoms with Crippen molar-refractivity contribution >= 4 is 11.6 Å². The first-order valence-electron chi connectivity index (χ1n) is 7.39. The van der Waals surface area contributed by atoms with Gasteiger partial charge in [-0.15, -0.1) is 0 Å². The van der Waals surface area contributed by atoms with Crippen LogP contribution in [-0.4, -0.2) is 21.7 Å². The molecule has 110 valence electrons. The van der Waals surface area contributed by atoms with Crippen LogP contribution in [-0.2, 0) is 4.79 Å². The third-order valence-electron chi connectivity index (χ3n) is 3.96. The first-order valence-corrected chi connectivity index (χ1v) is 7.39. The van der Waals surface area contributed by atoms with Gasteiger partial charge in [0, 0.05) is 12.0 Å². The minimum Gasteiger partial charge on any atom is -0.328 e. The van der Waals surface area contributed by atoms with Crippen LogP contribution >= 0.6 is 0 Å². The molecule has 2 aromatic rings. The summed E-state index contributed by atoms with van der Waals surface area (Å²) in [5.41, 5.74) is 7.64. The lowest BCUT2D eigenvalue weighted by Crippen LogP contribution is -2.34. The minimum atomic E-state index is 0.0221. The molecular formula is C16H20N4O. The monoisotopic (exact) mass is 284 g/mol. The SMILES string of the molecule is NC1CCCC(C(=O)Nc2cnn(-c3ccccc3)c2)C1. The maximum Gasteiger partial charge on any atom is 0.227 e. The standard InChI is InChI=1S/C16H20N4O/c17-13-6-4-5-12(9-13)16(21)19-14-10-18-20(11-14)15-7-2-1-3-8-15/h1-3,7-8,10-13H,4-6,9,17H2,(H,19,21). The van der Waals surface area contributed by atoms with Crippen LogP contribution in [0.25, 0.3) is 5.69 Å². The Bertz CT molecular complexity index is 608. The highest BCUT2D eigenvalue weighted by Gasteiger charge is 2.25. The number of benzene rings is 1. The second kappa shape index (κ2) is 6.10. The molecule has 0 saturated heterocycles. The molecule has 1 heterocycles. The Labute approximate surface area is 124 Å². The van der Waals surface area contributed by atoms with E-state index in [0.29, 0.717) is 0 Å². The summed E-state index contributed by atoms with van der Waals surface area (Å²) in [6.45, 7) is 0. The van der Waals surface area contributed by atoms with E-state index in [9.17, 15) is 4.79 Å². The number of para-hydroxylation sites is 1. The van der Waals surface area contributed by atoms with Crippen LogP contribution in [0.15, 0.2) is 42.7 Å². The van der Waals surface area contributed by atoms with E-state index >= 15 is 0 Å². The summed E-state index contributed by atoms with van der Waals surface area (Å²) in [5, 5.41) is 7.22. The number of hydrogen-bond donors (Lipinski definition) is 2. The molecule has 1 aliphatic rings. The number of amides is 1. The molecule has 5 heteroatoms. The largest absolute Gasteiger partial charge is 0.328 e. The van der Waals surface area contributed by atoms with Gasteiger partial charge >= 0.3 is 0 Å². The lowest BCUT2D eigenvalue weighted by molar-refractivity contribution is -0.120. The van der Waals surface area contributed by atoms with Gasteiger partial charge in [-0.2, -0.15) is 5.10 Å². The van der Waals surface area contributed by atoms with Crippen molar-refractivity contribution in [3.8, 4) is 5.69 Å². The molecule has 1 fully saturated rings. The number of nitrogens with zero attached hydrogens (tertiary/aromatic N) is 2. The van der Waals surface area contributed by atoms with Crippen LogP contribution < -0.4 is 11.1 Å². The number of anilines is 1. The molecule has 0 spiro atoms. The molecule has 5 nitrogen and oxygen atoms in total. The molecule has 0 aliphatic heterocycles. The van der Waals surface area contributed by atoms with Gasteiger partial charge in [0.1, 0.15) is 0 Å². The first kappa shape index (κ1) is 13.8. The molecule has 3 rings (SSSR count). The predicted octanol–water partition coefficient (Wildman–Crippen LogP) is 2.33. The smallest absolute Gasteiger partial charge is 0.227 e. The highest BCUT2D eigenvalue weighted by molar-refractivity contribution is 5.92. The van der Waals surface area contributed by atoms with E-state index in [1.54, 1.807) is 10.9 Å². The molecular weight excluding hydrogens is 264 g/mol. The van der Waals surface area contributed by atoms with Crippen molar-refractivity contribution < 1.29 is 4.79 Å². The zero-order chi connectivity index (χ0) is 14.7. The van der Waals surface area contributed by atoms with Gasteiger partial charge < -0.3 is 11.1 Å². The van der Waals surface area contributed by atoms with Gasteiger partial charge in [0.25, 0.3) is 0 Å². The molecule has 2 atom stereocenters. The summed E-state index contributed by atoms with van der Waals surface area (Å²) in [7, 11) is 0. The van der Waals surface area contributed by atoms with E-state index in [4.69, 9.17) is 5.73 Å². The Morgan fingerprint density at radius 1 is 1.29 bits per heavy atom. The average molecular weight is 284 g/mol. The number of carbonyl (C=O) groups is 1. The fraction of sp³-hybridized carbons (Fsp3) is 0.375. The van der Waals surface area contributed by atoms with Gasteiger partial charge in [0.2, 0.25) is 5.91 Å². The molecule has 1 aromatic heterocycles. The van der Waals surface area contributed by atoms with Crippen LogP contribution in [0.2, 0.25) is 0 Å². The number of nitrogens with one attached hydrogen (secondary N) is 1. The molecule has 1 amide bonds. The molecule has 1 aliphatic carbocycles. The maximum absolute atomic E-state index is 12.3. The summed E-state index contributed by atoms with van der Waals surface area (Å²) in [6, 6.07) is 9.97. The number of nitrogens with two attached hydrogens (primary N) is 1. The first-order chi connectivity index (χ1) is 10.2. The van der Waals surface area contributed by atoms with Crippen LogP contribution in [0.3, 0.4) is 0 Å². The van der Waals surface area contributed by atoms with Crippen molar-refractivity contribution in [2.24, 2.45) is 11.7 Å². The van der Waals surface area contributed by atoms with E-state index in [1.165, 1.54) is 0 Å².